The highest BCUT2D eigenvalue weighted by atomic mass is 15.1. The Balaban J connectivity index is 1.51. The van der Waals surface area contributed by atoms with Crippen molar-refractivity contribution in [3.05, 3.63) is 110 Å². The van der Waals surface area contributed by atoms with Crippen LogP contribution in [0.25, 0.3) is 49.5 Å². The first-order valence-corrected chi connectivity index (χ1v) is 10.1. The van der Waals surface area contributed by atoms with E-state index in [0.717, 1.165) is 11.4 Å². The smallest absolute Gasteiger partial charge is 0.268 e. The SMILES string of the molecule is [c-]1n(-c2ccc3c4cccc5c6ccccc6n(c3c2)c54)cc[n+]1-c1ccccc1. The molecule has 0 aliphatic rings. The number of fused-ring (bicyclic) bond motifs is 6. The zero-order chi connectivity index (χ0) is 19.7. The van der Waals surface area contributed by atoms with Gasteiger partial charge in [-0.1, -0.05) is 60.7 Å². The third-order valence-electron chi connectivity index (χ3n) is 6.10. The first-order valence-electron chi connectivity index (χ1n) is 10.1. The fourth-order valence-corrected chi connectivity index (χ4v) is 4.76. The van der Waals surface area contributed by atoms with Gasteiger partial charge in [0.1, 0.15) is 0 Å². The minimum absolute atomic E-state index is 1.10. The van der Waals surface area contributed by atoms with E-state index in [4.69, 9.17) is 0 Å². The van der Waals surface area contributed by atoms with E-state index in [9.17, 15) is 0 Å². The molecule has 3 heterocycles. The van der Waals surface area contributed by atoms with Gasteiger partial charge in [0.05, 0.1) is 27.9 Å². The molecule has 3 aromatic heterocycles. The van der Waals surface area contributed by atoms with E-state index >= 15 is 0 Å². The number of imidazole rings is 1. The third-order valence-corrected chi connectivity index (χ3v) is 6.10. The lowest BCUT2D eigenvalue weighted by Crippen LogP contribution is -2.27. The Labute approximate surface area is 173 Å². The summed E-state index contributed by atoms with van der Waals surface area (Å²) in [6, 6.07) is 32.3. The van der Waals surface area contributed by atoms with Crippen molar-refractivity contribution in [2.75, 3.05) is 0 Å². The topological polar surface area (TPSA) is 13.2 Å². The molecule has 0 saturated heterocycles. The summed E-state index contributed by atoms with van der Waals surface area (Å²) >= 11 is 0. The number of rotatable bonds is 2. The molecule has 7 aromatic rings. The molecule has 0 atom stereocenters. The van der Waals surface area contributed by atoms with Crippen molar-refractivity contribution in [3.8, 4) is 11.4 Å². The Kier molecular flexibility index (Phi) is 3.00. The van der Waals surface area contributed by atoms with Gasteiger partial charge in [-0.3, -0.25) is 9.13 Å². The maximum atomic E-state index is 3.44. The Morgan fingerprint density at radius 3 is 2.23 bits per heavy atom. The van der Waals surface area contributed by atoms with Gasteiger partial charge in [0.15, 0.2) is 0 Å². The highest BCUT2D eigenvalue weighted by molar-refractivity contribution is 6.23. The summed E-state index contributed by atoms with van der Waals surface area (Å²) < 4.78 is 6.48. The Morgan fingerprint density at radius 1 is 0.633 bits per heavy atom. The average molecular weight is 383 g/mol. The monoisotopic (exact) mass is 383 g/mol. The van der Waals surface area contributed by atoms with E-state index in [2.05, 4.69) is 94.3 Å². The molecule has 0 saturated carbocycles. The van der Waals surface area contributed by atoms with Crippen molar-refractivity contribution in [3.63, 3.8) is 0 Å². The molecule has 3 nitrogen and oxygen atoms in total. The fourth-order valence-electron chi connectivity index (χ4n) is 4.76. The molecule has 0 bridgehead atoms. The Bertz CT molecular complexity index is 1690. The lowest BCUT2D eigenvalue weighted by atomic mass is 10.1. The van der Waals surface area contributed by atoms with E-state index in [1.165, 1.54) is 38.1 Å². The van der Waals surface area contributed by atoms with E-state index in [0.29, 0.717) is 0 Å². The fraction of sp³-hybridized carbons (Fsp3) is 0. The normalized spacial score (nSPS) is 12.0. The summed E-state index contributed by atoms with van der Waals surface area (Å²) in [5.74, 6) is 0. The summed E-state index contributed by atoms with van der Waals surface area (Å²) in [4.78, 5) is 0. The molecule has 3 heteroatoms. The van der Waals surface area contributed by atoms with Crippen LogP contribution >= 0.6 is 0 Å². The predicted octanol–water partition coefficient (Wildman–Crippen LogP) is 5.70. The summed E-state index contributed by atoms with van der Waals surface area (Å²) in [5, 5.41) is 5.21. The summed E-state index contributed by atoms with van der Waals surface area (Å²) in [5.41, 5.74) is 5.99. The molecule has 0 unspecified atom stereocenters. The Morgan fingerprint density at radius 2 is 1.37 bits per heavy atom. The first kappa shape index (κ1) is 15.8. The minimum Gasteiger partial charge on any atom is -0.308 e. The zero-order valence-corrected chi connectivity index (χ0v) is 16.2. The van der Waals surface area contributed by atoms with Gasteiger partial charge >= 0.3 is 0 Å². The van der Waals surface area contributed by atoms with Gasteiger partial charge < -0.3 is 4.40 Å². The van der Waals surface area contributed by atoms with Gasteiger partial charge in [-0.05, 0) is 30.3 Å². The molecule has 0 aliphatic heterocycles. The minimum atomic E-state index is 1.10. The summed E-state index contributed by atoms with van der Waals surface area (Å²) in [6.07, 6.45) is 7.54. The maximum Gasteiger partial charge on any atom is 0.268 e. The molecule has 0 radical (unpaired) electrons. The molecule has 0 amide bonds. The highest BCUT2D eigenvalue weighted by Crippen LogP contribution is 2.39. The van der Waals surface area contributed by atoms with Gasteiger partial charge in [0.25, 0.3) is 6.33 Å². The second-order valence-corrected chi connectivity index (χ2v) is 7.73. The Hall–Kier alpha value is -4.11. The number of benzene rings is 4. The molecular weight excluding hydrogens is 366 g/mol. The highest BCUT2D eigenvalue weighted by Gasteiger charge is 2.17. The molecule has 4 aromatic carbocycles. The third kappa shape index (κ3) is 2.01. The first-order chi connectivity index (χ1) is 14.9. The van der Waals surface area contributed by atoms with Gasteiger partial charge in [-0.15, -0.1) is 0 Å². The van der Waals surface area contributed by atoms with Crippen LogP contribution in [0.4, 0.5) is 0 Å². The lowest BCUT2D eigenvalue weighted by molar-refractivity contribution is -0.599. The van der Waals surface area contributed by atoms with Crippen molar-refractivity contribution in [1.29, 1.82) is 0 Å². The largest absolute Gasteiger partial charge is 0.308 e. The van der Waals surface area contributed by atoms with E-state index in [1.807, 2.05) is 29.0 Å². The van der Waals surface area contributed by atoms with Gasteiger partial charge in [0, 0.05) is 33.9 Å². The van der Waals surface area contributed by atoms with Gasteiger partial charge in [0.2, 0.25) is 0 Å². The van der Waals surface area contributed by atoms with E-state index in [1.54, 1.807) is 0 Å². The molecule has 30 heavy (non-hydrogen) atoms. The standard InChI is InChI=1S/C27H17N3/c1-2-7-19(8-3-1)28-15-16-29(18-28)20-13-14-22-24-11-6-10-23-21-9-4-5-12-25(21)30(27(23)24)26(22)17-20/h1-17H. The van der Waals surface area contributed by atoms with Crippen LogP contribution in [0.3, 0.4) is 0 Å². The molecule has 140 valence electrons. The van der Waals surface area contributed by atoms with Crippen molar-refractivity contribution in [2.24, 2.45) is 0 Å². The molecule has 0 spiro atoms. The van der Waals surface area contributed by atoms with Crippen LogP contribution in [0.1, 0.15) is 0 Å². The number of hydrogen-bond acceptors (Lipinski definition) is 0. The van der Waals surface area contributed by atoms with Gasteiger partial charge in [-0.25, -0.2) is 0 Å². The molecule has 0 fully saturated rings. The van der Waals surface area contributed by atoms with Crippen LogP contribution in [0, 0.1) is 6.33 Å². The predicted molar refractivity (Wildman–Crippen MR) is 121 cm³/mol. The van der Waals surface area contributed by atoms with E-state index < -0.39 is 0 Å². The number of hydrogen-bond donors (Lipinski definition) is 0. The van der Waals surface area contributed by atoms with Crippen molar-refractivity contribution < 1.29 is 4.57 Å². The zero-order valence-electron chi connectivity index (χ0n) is 16.2. The van der Waals surface area contributed by atoms with Crippen LogP contribution in [-0.2, 0) is 0 Å². The maximum absolute atomic E-state index is 3.44. The number of para-hydroxylation sites is 3. The molecule has 0 aliphatic carbocycles. The number of nitrogens with zero attached hydrogens (tertiary/aromatic N) is 3. The van der Waals surface area contributed by atoms with E-state index in [-0.39, 0.29) is 0 Å². The lowest BCUT2D eigenvalue weighted by Gasteiger charge is -2.04. The molecular formula is C27H17N3. The van der Waals surface area contributed by atoms with Crippen molar-refractivity contribution >= 4 is 38.1 Å². The second kappa shape index (κ2) is 5.71. The number of aromatic nitrogens is 3. The quantitative estimate of drug-likeness (QED) is 0.268. The van der Waals surface area contributed by atoms with Crippen LogP contribution in [0.2, 0.25) is 0 Å². The second-order valence-electron chi connectivity index (χ2n) is 7.73. The molecule has 0 N–H and O–H groups in total. The van der Waals surface area contributed by atoms with Crippen LogP contribution in [-0.4, -0.2) is 8.97 Å². The van der Waals surface area contributed by atoms with Crippen LogP contribution in [0.15, 0.2) is 103 Å². The summed E-state index contributed by atoms with van der Waals surface area (Å²) in [6.45, 7) is 0. The summed E-state index contributed by atoms with van der Waals surface area (Å²) in [7, 11) is 0. The van der Waals surface area contributed by atoms with Crippen molar-refractivity contribution in [2.45, 2.75) is 0 Å². The van der Waals surface area contributed by atoms with Crippen LogP contribution < -0.4 is 4.57 Å². The van der Waals surface area contributed by atoms with Gasteiger partial charge in [-0.2, -0.15) is 0 Å². The van der Waals surface area contributed by atoms with Crippen LogP contribution in [0.5, 0.6) is 0 Å². The van der Waals surface area contributed by atoms with Crippen molar-refractivity contribution in [1.82, 2.24) is 8.97 Å². The average Bonchev–Trinajstić information content (AvgIpc) is 3.51. The molecule has 7 rings (SSSR count).